The number of phenolic OH excluding ortho intramolecular Hbond substituents is 1. The van der Waals surface area contributed by atoms with E-state index < -0.39 is 0 Å². The molecule has 0 amide bonds. The van der Waals surface area contributed by atoms with E-state index in [1.165, 1.54) is 18.2 Å². The van der Waals surface area contributed by atoms with Crippen LogP contribution in [0.2, 0.25) is 0 Å². The Hall–Kier alpha value is -1.03. The Kier molecular flexibility index (Phi) is 3.31. The number of ether oxygens (including phenoxy) is 1. The number of hydrogen-bond donors (Lipinski definition) is 1. The van der Waals surface area contributed by atoms with Gasteiger partial charge >= 0.3 is 5.97 Å². The molecular weight excluding hydrogens is 237 g/mol. The Bertz CT molecular complexity index is 323. The molecule has 0 aromatic heterocycles. The fraction of sp³-hybridized carbons (Fsp3) is 0.222. The van der Waals surface area contributed by atoms with Gasteiger partial charge in [0.2, 0.25) is 0 Å². The third-order valence-electron chi connectivity index (χ3n) is 1.46. The average Bonchev–Trinajstić information content (AvgIpc) is 2.10. The second kappa shape index (κ2) is 4.28. The van der Waals surface area contributed by atoms with Gasteiger partial charge in [0.05, 0.1) is 16.6 Å². The van der Waals surface area contributed by atoms with Gasteiger partial charge < -0.3 is 9.84 Å². The summed E-state index contributed by atoms with van der Waals surface area (Å²) in [7, 11) is 0. The molecule has 3 nitrogen and oxygen atoms in total. The smallest absolute Gasteiger partial charge is 0.338 e. The largest absolute Gasteiger partial charge is 0.507 e. The lowest BCUT2D eigenvalue weighted by molar-refractivity contribution is 0.0526. The Morgan fingerprint density at radius 2 is 2.31 bits per heavy atom. The maximum atomic E-state index is 11.2. The Labute approximate surface area is 84.5 Å². The molecule has 4 heteroatoms. The lowest BCUT2D eigenvalue weighted by Crippen LogP contribution is -2.04. The van der Waals surface area contributed by atoms with Crippen molar-refractivity contribution in [3.63, 3.8) is 0 Å². The lowest BCUT2D eigenvalue weighted by Gasteiger charge is -2.02. The van der Waals surface area contributed by atoms with Gasteiger partial charge in [-0.15, -0.1) is 0 Å². The summed E-state index contributed by atoms with van der Waals surface area (Å²) < 4.78 is 5.27. The van der Waals surface area contributed by atoms with Gasteiger partial charge in [-0.1, -0.05) is 0 Å². The van der Waals surface area contributed by atoms with E-state index in [0.717, 1.165) is 0 Å². The normalized spacial score (nSPS) is 9.69. The Morgan fingerprint density at radius 3 is 2.85 bits per heavy atom. The van der Waals surface area contributed by atoms with Gasteiger partial charge in [0.15, 0.2) is 0 Å². The van der Waals surface area contributed by atoms with Gasteiger partial charge in [0.1, 0.15) is 5.75 Å². The van der Waals surface area contributed by atoms with Crippen LogP contribution in [0.15, 0.2) is 22.7 Å². The molecule has 1 rings (SSSR count). The van der Waals surface area contributed by atoms with Crippen LogP contribution in [0, 0.1) is 0 Å². The molecule has 13 heavy (non-hydrogen) atoms. The minimum Gasteiger partial charge on any atom is -0.507 e. The van der Waals surface area contributed by atoms with E-state index in [1.807, 2.05) is 0 Å². The summed E-state index contributed by atoms with van der Waals surface area (Å²) in [5, 5.41) is 9.16. The number of phenols is 1. The fourth-order valence-electron chi connectivity index (χ4n) is 0.848. The SMILES string of the molecule is CCOC(=O)[13c]1ccc(O)c(Br)c1. The highest BCUT2D eigenvalue weighted by Crippen LogP contribution is 2.24. The molecule has 1 aromatic carbocycles. The molecule has 0 radical (unpaired) electrons. The van der Waals surface area contributed by atoms with Crippen LogP contribution in [0.25, 0.3) is 0 Å². The molecule has 0 saturated heterocycles. The van der Waals surface area contributed by atoms with Crippen LogP contribution >= 0.6 is 15.9 Å². The van der Waals surface area contributed by atoms with Crippen molar-refractivity contribution in [3.8, 4) is 5.75 Å². The number of aromatic hydroxyl groups is 1. The van der Waals surface area contributed by atoms with Crippen LogP contribution in [0.4, 0.5) is 0 Å². The van der Waals surface area contributed by atoms with Crippen LogP contribution in [0.5, 0.6) is 5.75 Å². The molecule has 0 saturated carbocycles. The van der Waals surface area contributed by atoms with Gasteiger partial charge in [-0.2, -0.15) is 0 Å². The number of carbonyl (C=O) groups excluding carboxylic acids is 1. The third kappa shape index (κ3) is 2.45. The zero-order valence-electron chi connectivity index (χ0n) is 7.08. The number of benzene rings is 1. The van der Waals surface area contributed by atoms with Gasteiger partial charge in [0.25, 0.3) is 0 Å². The summed E-state index contributed by atoms with van der Waals surface area (Å²) >= 11 is 3.11. The van der Waals surface area contributed by atoms with Crippen LogP contribution in [-0.2, 0) is 4.74 Å². The molecule has 1 aromatic rings. The highest BCUT2D eigenvalue weighted by molar-refractivity contribution is 9.10. The minimum atomic E-state index is -0.386. The summed E-state index contributed by atoms with van der Waals surface area (Å²) in [6.45, 7) is 2.09. The van der Waals surface area contributed by atoms with E-state index >= 15 is 0 Å². The highest BCUT2D eigenvalue weighted by atomic mass is 79.9. The molecule has 0 unspecified atom stereocenters. The minimum absolute atomic E-state index is 0.105. The van der Waals surface area contributed by atoms with Crippen LogP contribution in [0.1, 0.15) is 17.3 Å². The number of halogens is 1. The first-order chi connectivity index (χ1) is 6.15. The zero-order chi connectivity index (χ0) is 9.84. The number of rotatable bonds is 2. The number of esters is 1. The zero-order valence-corrected chi connectivity index (χ0v) is 8.67. The van der Waals surface area contributed by atoms with Crippen LogP contribution in [-0.4, -0.2) is 17.7 Å². The van der Waals surface area contributed by atoms with Crippen molar-refractivity contribution in [1.82, 2.24) is 0 Å². The van der Waals surface area contributed by atoms with Crippen molar-refractivity contribution in [2.75, 3.05) is 6.61 Å². The molecule has 0 fully saturated rings. The standard InChI is InChI=1S/C9H9BrO3/c1-2-13-9(12)6-3-4-8(11)7(10)5-6/h3-5,11H,2H2,1H3/i6+1. The summed E-state index contributed by atoms with van der Waals surface area (Å²) in [6.07, 6.45) is 0. The average molecular weight is 246 g/mol. The number of hydrogen-bond acceptors (Lipinski definition) is 3. The topological polar surface area (TPSA) is 46.5 Å². The lowest BCUT2D eigenvalue weighted by atomic mass is 10.4. The first-order valence-electron chi connectivity index (χ1n) is 3.80. The maximum Gasteiger partial charge on any atom is 0.338 e. The summed E-state index contributed by atoms with van der Waals surface area (Å²) in [4.78, 5) is 11.2. The van der Waals surface area contributed by atoms with Crippen molar-refractivity contribution in [2.24, 2.45) is 0 Å². The number of carbonyl (C=O) groups is 1. The van der Waals surface area contributed by atoms with Crippen LogP contribution in [0.3, 0.4) is 0 Å². The molecular formula is C9H9BrO3. The molecule has 70 valence electrons. The van der Waals surface area contributed by atoms with Gasteiger partial charge in [-0.3, -0.25) is 0 Å². The van der Waals surface area contributed by atoms with E-state index in [-0.39, 0.29) is 11.7 Å². The maximum absolute atomic E-state index is 11.2. The van der Waals surface area contributed by atoms with Gasteiger partial charge in [-0.05, 0) is 41.1 Å². The third-order valence-corrected chi connectivity index (χ3v) is 2.09. The van der Waals surface area contributed by atoms with E-state index in [2.05, 4.69) is 15.9 Å². The van der Waals surface area contributed by atoms with Crippen molar-refractivity contribution in [1.29, 1.82) is 0 Å². The predicted octanol–water partition coefficient (Wildman–Crippen LogP) is 2.33. The molecule has 1 N–H and O–H groups in total. The second-order valence-corrected chi connectivity index (χ2v) is 3.24. The first-order valence-corrected chi connectivity index (χ1v) is 4.60. The van der Waals surface area contributed by atoms with Crippen molar-refractivity contribution in [3.05, 3.63) is 28.2 Å². The van der Waals surface area contributed by atoms with Crippen LogP contribution < -0.4 is 0 Å². The summed E-state index contributed by atoms with van der Waals surface area (Å²) in [6, 6.07) is 4.47. The molecule has 0 aliphatic rings. The monoisotopic (exact) mass is 245 g/mol. The molecule has 0 heterocycles. The van der Waals surface area contributed by atoms with E-state index in [0.29, 0.717) is 16.6 Å². The quantitative estimate of drug-likeness (QED) is 0.814. The Morgan fingerprint density at radius 1 is 1.62 bits per heavy atom. The summed E-state index contributed by atoms with van der Waals surface area (Å²) in [5.41, 5.74) is 0.423. The van der Waals surface area contributed by atoms with Crippen molar-refractivity contribution >= 4 is 21.9 Å². The fourth-order valence-corrected chi connectivity index (χ4v) is 1.23. The predicted molar refractivity (Wildman–Crippen MR) is 51.8 cm³/mol. The van der Waals surface area contributed by atoms with E-state index in [9.17, 15) is 4.79 Å². The van der Waals surface area contributed by atoms with Crippen molar-refractivity contribution < 1.29 is 14.6 Å². The van der Waals surface area contributed by atoms with E-state index in [4.69, 9.17) is 9.84 Å². The summed E-state index contributed by atoms with van der Waals surface area (Å²) in [5.74, 6) is -0.281. The van der Waals surface area contributed by atoms with Gasteiger partial charge in [0, 0.05) is 0 Å². The molecule has 0 aliphatic heterocycles. The molecule has 0 atom stereocenters. The molecule has 0 aliphatic carbocycles. The first kappa shape index (κ1) is 10.1. The van der Waals surface area contributed by atoms with E-state index in [1.54, 1.807) is 6.92 Å². The van der Waals surface area contributed by atoms with Crippen molar-refractivity contribution in [2.45, 2.75) is 6.92 Å². The molecule has 0 spiro atoms. The molecule has 0 bridgehead atoms. The Balaban J connectivity index is 2.90. The van der Waals surface area contributed by atoms with Gasteiger partial charge in [-0.25, -0.2) is 4.79 Å². The second-order valence-electron chi connectivity index (χ2n) is 2.39. The highest BCUT2D eigenvalue weighted by Gasteiger charge is 2.07.